The number of amides is 2. The standard InChI is InChI=1S/C18H18N6OS/c25-18(22-17-21-15(13-26-17)14-4-7-19-8-5-14)24-11-9-23(10-12-24)16-3-1-2-6-20-16/h1-8,13H,9-12H2,(H,21,22,25). The van der Waals surface area contributed by atoms with E-state index in [0.29, 0.717) is 18.2 Å². The highest BCUT2D eigenvalue weighted by Crippen LogP contribution is 2.24. The smallest absolute Gasteiger partial charge is 0.323 e. The van der Waals surface area contributed by atoms with Crippen molar-refractivity contribution in [2.75, 3.05) is 36.4 Å². The number of piperazine rings is 1. The lowest BCUT2D eigenvalue weighted by atomic mass is 10.2. The van der Waals surface area contributed by atoms with E-state index in [9.17, 15) is 4.79 Å². The van der Waals surface area contributed by atoms with Crippen LogP contribution in [0.15, 0.2) is 54.3 Å². The van der Waals surface area contributed by atoms with Gasteiger partial charge < -0.3 is 9.80 Å². The molecule has 0 aliphatic carbocycles. The van der Waals surface area contributed by atoms with Gasteiger partial charge in [-0.05, 0) is 24.3 Å². The van der Waals surface area contributed by atoms with Crippen LogP contribution >= 0.6 is 11.3 Å². The second-order valence-corrected chi connectivity index (χ2v) is 6.72. The minimum Gasteiger partial charge on any atom is -0.353 e. The molecule has 3 aromatic heterocycles. The number of anilines is 2. The molecule has 1 fully saturated rings. The van der Waals surface area contributed by atoms with E-state index in [0.717, 1.165) is 30.2 Å². The van der Waals surface area contributed by atoms with Crippen LogP contribution in [0, 0.1) is 0 Å². The zero-order valence-electron chi connectivity index (χ0n) is 14.1. The maximum atomic E-state index is 12.5. The summed E-state index contributed by atoms with van der Waals surface area (Å²) >= 11 is 1.42. The van der Waals surface area contributed by atoms with Crippen LogP contribution in [0.3, 0.4) is 0 Å². The number of rotatable bonds is 3. The minimum atomic E-state index is -0.110. The van der Waals surface area contributed by atoms with Gasteiger partial charge in [-0.2, -0.15) is 0 Å². The maximum Gasteiger partial charge on any atom is 0.323 e. The van der Waals surface area contributed by atoms with Crippen molar-refractivity contribution in [2.45, 2.75) is 0 Å². The van der Waals surface area contributed by atoms with E-state index in [1.807, 2.05) is 40.6 Å². The summed E-state index contributed by atoms with van der Waals surface area (Å²) in [5, 5.41) is 5.44. The quantitative estimate of drug-likeness (QED) is 0.771. The summed E-state index contributed by atoms with van der Waals surface area (Å²) in [5.74, 6) is 0.953. The van der Waals surface area contributed by atoms with E-state index in [1.165, 1.54) is 11.3 Å². The molecule has 3 aromatic rings. The lowest BCUT2D eigenvalue weighted by Crippen LogP contribution is -2.50. The maximum absolute atomic E-state index is 12.5. The largest absolute Gasteiger partial charge is 0.353 e. The molecule has 1 aliphatic rings. The number of nitrogens with zero attached hydrogens (tertiary/aromatic N) is 5. The molecule has 1 saturated heterocycles. The van der Waals surface area contributed by atoms with E-state index in [2.05, 4.69) is 25.2 Å². The van der Waals surface area contributed by atoms with Gasteiger partial charge in [0.05, 0.1) is 5.69 Å². The van der Waals surface area contributed by atoms with Gasteiger partial charge in [0, 0.05) is 55.7 Å². The number of aromatic nitrogens is 3. The van der Waals surface area contributed by atoms with Crippen LogP contribution in [0.2, 0.25) is 0 Å². The van der Waals surface area contributed by atoms with Gasteiger partial charge in [0.1, 0.15) is 5.82 Å². The van der Waals surface area contributed by atoms with Crippen LogP contribution in [-0.4, -0.2) is 52.1 Å². The Hall–Kier alpha value is -3.00. The van der Waals surface area contributed by atoms with Gasteiger partial charge in [-0.25, -0.2) is 14.8 Å². The molecular formula is C18H18N6OS. The topological polar surface area (TPSA) is 74.2 Å². The Morgan fingerprint density at radius 1 is 1.04 bits per heavy atom. The molecule has 132 valence electrons. The third-order valence-corrected chi connectivity index (χ3v) is 4.99. The van der Waals surface area contributed by atoms with Gasteiger partial charge in [0.2, 0.25) is 0 Å². The summed E-state index contributed by atoms with van der Waals surface area (Å²) in [6.07, 6.45) is 5.25. The molecule has 0 atom stereocenters. The molecule has 26 heavy (non-hydrogen) atoms. The molecule has 1 aliphatic heterocycles. The number of hydrogen-bond donors (Lipinski definition) is 1. The zero-order chi connectivity index (χ0) is 17.8. The number of carbonyl (C=O) groups is 1. The molecular weight excluding hydrogens is 348 g/mol. The third kappa shape index (κ3) is 3.65. The van der Waals surface area contributed by atoms with E-state index < -0.39 is 0 Å². The first kappa shape index (κ1) is 16.5. The van der Waals surface area contributed by atoms with Crippen molar-refractivity contribution in [1.29, 1.82) is 0 Å². The first-order valence-electron chi connectivity index (χ1n) is 8.37. The molecule has 0 radical (unpaired) electrons. The molecule has 1 N–H and O–H groups in total. The van der Waals surface area contributed by atoms with Crippen LogP contribution in [-0.2, 0) is 0 Å². The van der Waals surface area contributed by atoms with Crippen molar-refractivity contribution < 1.29 is 4.79 Å². The highest BCUT2D eigenvalue weighted by Gasteiger charge is 2.22. The van der Waals surface area contributed by atoms with Crippen molar-refractivity contribution in [3.63, 3.8) is 0 Å². The predicted octanol–water partition coefficient (Wildman–Crippen LogP) is 2.95. The number of thiazole rings is 1. The van der Waals surface area contributed by atoms with Gasteiger partial charge in [0.15, 0.2) is 5.13 Å². The summed E-state index contributed by atoms with van der Waals surface area (Å²) in [6.45, 7) is 2.85. The Morgan fingerprint density at radius 3 is 2.58 bits per heavy atom. The average molecular weight is 366 g/mol. The zero-order valence-corrected chi connectivity index (χ0v) is 14.9. The Bertz CT molecular complexity index is 862. The van der Waals surface area contributed by atoms with Crippen LogP contribution in [0.5, 0.6) is 0 Å². The first-order valence-corrected chi connectivity index (χ1v) is 9.25. The molecule has 0 saturated carbocycles. The first-order chi connectivity index (χ1) is 12.8. The molecule has 0 unspecified atom stereocenters. The van der Waals surface area contributed by atoms with E-state index in [4.69, 9.17) is 0 Å². The molecule has 4 heterocycles. The molecule has 8 heteroatoms. The summed E-state index contributed by atoms with van der Waals surface area (Å²) in [4.78, 5) is 29.4. The third-order valence-electron chi connectivity index (χ3n) is 4.23. The minimum absolute atomic E-state index is 0.110. The lowest BCUT2D eigenvalue weighted by molar-refractivity contribution is 0.208. The van der Waals surface area contributed by atoms with Crippen molar-refractivity contribution in [2.24, 2.45) is 0 Å². The Kier molecular flexibility index (Phi) is 4.74. The number of urea groups is 1. The van der Waals surface area contributed by atoms with E-state index in [-0.39, 0.29) is 6.03 Å². The predicted molar refractivity (Wildman–Crippen MR) is 102 cm³/mol. The number of hydrogen-bond acceptors (Lipinski definition) is 6. The molecule has 0 spiro atoms. The molecule has 0 bridgehead atoms. The van der Waals surface area contributed by atoms with Gasteiger partial charge in [-0.15, -0.1) is 11.3 Å². The summed E-state index contributed by atoms with van der Waals surface area (Å²) in [6, 6.07) is 9.56. The fourth-order valence-corrected chi connectivity index (χ4v) is 3.55. The number of pyridine rings is 2. The fraction of sp³-hybridized carbons (Fsp3) is 0.222. The summed E-state index contributed by atoms with van der Waals surface area (Å²) < 4.78 is 0. The van der Waals surface area contributed by atoms with Crippen LogP contribution in [0.25, 0.3) is 11.3 Å². The molecule has 0 aromatic carbocycles. The van der Waals surface area contributed by atoms with Crippen LogP contribution < -0.4 is 10.2 Å². The summed E-state index contributed by atoms with van der Waals surface area (Å²) in [5.41, 5.74) is 1.83. The van der Waals surface area contributed by atoms with Crippen LogP contribution in [0.4, 0.5) is 15.7 Å². The number of nitrogens with one attached hydrogen (secondary N) is 1. The highest BCUT2D eigenvalue weighted by atomic mass is 32.1. The Balaban J connectivity index is 1.34. The van der Waals surface area contributed by atoms with Crippen LogP contribution in [0.1, 0.15) is 0 Å². The highest BCUT2D eigenvalue weighted by molar-refractivity contribution is 7.14. The fourth-order valence-electron chi connectivity index (χ4n) is 2.84. The second kappa shape index (κ2) is 7.49. The second-order valence-electron chi connectivity index (χ2n) is 5.87. The van der Waals surface area contributed by atoms with Gasteiger partial charge in [0.25, 0.3) is 0 Å². The molecule has 7 nitrogen and oxygen atoms in total. The molecule has 4 rings (SSSR count). The van der Waals surface area contributed by atoms with Crippen molar-refractivity contribution >= 4 is 28.3 Å². The Morgan fingerprint density at radius 2 is 1.85 bits per heavy atom. The van der Waals surface area contributed by atoms with Crippen molar-refractivity contribution in [1.82, 2.24) is 19.9 Å². The average Bonchev–Trinajstić information content (AvgIpc) is 3.18. The SMILES string of the molecule is O=C(Nc1nc(-c2ccncc2)cs1)N1CCN(c2ccccn2)CC1. The molecule has 2 amide bonds. The lowest BCUT2D eigenvalue weighted by Gasteiger charge is -2.35. The van der Waals surface area contributed by atoms with Crippen molar-refractivity contribution in [3.05, 3.63) is 54.3 Å². The number of carbonyl (C=O) groups excluding carboxylic acids is 1. The van der Waals surface area contributed by atoms with Gasteiger partial charge >= 0.3 is 6.03 Å². The van der Waals surface area contributed by atoms with E-state index >= 15 is 0 Å². The van der Waals surface area contributed by atoms with Crippen molar-refractivity contribution in [3.8, 4) is 11.3 Å². The van der Waals surface area contributed by atoms with Gasteiger partial charge in [-0.1, -0.05) is 6.07 Å². The monoisotopic (exact) mass is 366 g/mol. The van der Waals surface area contributed by atoms with Gasteiger partial charge in [-0.3, -0.25) is 10.3 Å². The Labute approximate surface area is 155 Å². The summed E-state index contributed by atoms with van der Waals surface area (Å²) in [7, 11) is 0. The normalized spacial score (nSPS) is 14.3. The van der Waals surface area contributed by atoms with E-state index in [1.54, 1.807) is 18.6 Å².